The fourth-order valence-electron chi connectivity index (χ4n) is 1.28. The molecule has 2 amide bonds. The van der Waals surface area contributed by atoms with Gasteiger partial charge in [0.2, 0.25) is 11.8 Å². The quantitative estimate of drug-likeness (QED) is 0.799. The number of nitrogens with zero attached hydrogens (tertiary/aromatic N) is 1. The van der Waals surface area contributed by atoms with Gasteiger partial charge < -0.3 is 15.3 Å². The number of rotatable bonds is 4. The molecule has 0 aliphatic carbocycles. The molecule has 1 aromatic rings. The number of carbonyl (C=O) groups excluding carboxylic acids is 2. The molecule has 1 aromatic carbocycles. The van der Waals surface area contributed by atoms with Gasteiger partial charge >= 0.3 is 5.97 Å². The topological polar surface area (TPSA) is 86.7 Å². The van der Waals surface area contributed by atoms with Crippen molar-refractivity contribution in [3.05, 3.63) is 36.4 Å². The second-order valence-electron chi connectivity index (χ2n) is 3.79. The lowest BCUT2D eigenvalue weighted by molar-refractivity contribution is -0.131. The molecule has 0 saturated heterocycles. The molecule has 6 heteroatoms. The van der Waals surface area contributed by atoms with E-state index in [1.807, 2.05) is 0 Å². The van der Waals surface area contributed by atoms with Gasteiger partial charge in [0.25, 0.3) is 0 Å². The molecule has 0 aromatic heterocycles. The standard InChI is InChI=1S/C13H14N2O4/c1-9(16)15(2)11-5-3-10(4-6-11)14-12(17)7-8-13(18)19/h3-8H,1-2H3,(H,14,17)(H,18,19)/b8-7-. The van der Waals surface area contributed by atoms with Crippen molar-refractivity contribution in [1.82, 2.24) is 0 Å². The SMILES string of the molecule is CC(=O)N(C)c1ccc(NC(=O)/C=C\C(=O)O)cc1. The molecule has 1 rings (SSSR count). The van der Waals surface area contributed by atoms with Crippen LogP contribution < -0.4 is 10.2 Å². The average molecular weight is 262 g/mol. The Morgan fingerprint density at radius 2 is 1.74 bits per heavy atom. The summed E-state index contributed by atoms with van der Waals surface area (Å²) in [6.07, 6.45) is 1.69. The molecule has 0 radical (unpaired) electrons. The Balaban J connectivity index is 2.69. The van der Waals surface area contributed by atoms with Crippen LogP contribution in [0.3, 0.4) is 0 Å². The molecule has 0 heterocycles. The molecular weight excluding hydrogens is 248 g/mol. The summed E-state index contributed by atoms with van der Waals surface area (Å²) >= 11 is 0. The van der Waals surface area contributed by atoms with Crippen LogP contribution in [0, 0.1) is 0 Å². The van der Waals surface area contributed by atoms with E-state index in [0.717, 1.165) is 12.2 Å². The molecule has 2 N–H and O–H groups in total. The summed E-state index contributed by atoms with van der Waals surface area (Å²) in [7, 11) is 1.64. The Hall–Kier alpha value is -2.63. The van der Waals surface area contributed by atoms with E-state index in [4.69, 9.17) is 5.11 Å². The number of amides is 2. The number of anilines is 2. The van der Waals surface area contributed by atoms with Crippen LogP contribution in [0.2, 0.25) is 0 Å². The van der Waals surface area contributed by atoms with Crippen molar-refractivity contribution in [3.63, 3.8) is 0 Å². The van der Waals surface area contributed by atoms with Gasteiger partial charge in [0.15, 0.2) is 0 Å². The van der Waals surface area contributed by atoms with Gasteiger partial charge in [0.1, 0.15) is 0 Å². The molecule has 0 fully saturated rings. The minimum atomic E-state index is -1.19. The highest BCUT2D eigenvalue weighted by Gasteiger charge is 2.05. The number of carbonyl (C=O) groups is 3. The molecule has 6 nitrogen and oxygen atoms in total. The second-order valence-corrected chi connectivity index (χ2v) is 3.79. The van der Waals surface area contributed by atoms with Crippen molar-refractivity contribution < 1.29 is 19.5 Å². The monoisotopic (exact) mass is 262 g/mol. The fourth-order valence-corrected chi connectivity index (χ4v) is 1.28. The van der Waals surface area contributed by atoms with Crippen LogP contribution in [0.4, 0.5) is 11.4 Å². The zero-order valence-corrected chi connectivity index (χ0v) is 10.6. The second kappa shape index (κ2) is 6.34. The molecule has 0 atom stereocenters. The summed E-state index contributed by atoms with van der Waals surface area (Å²) in [6.45, 7) is 1.45. The Kier molecular flexibility index (Phi) is 4.82. The van der Waals surface area contributed by atoms with Crippen LogP contribution >= 0.6 is 0 Å². The van der Waals surface area contributed by atoms with E-state index in [0.29, 0.717) is 11.4 Å². The molecule has 0 saturated carbocycles. The van der Waals surface area contributed by atoms with Crippen LogP contribution in [0.5, 0.6) is 0 Å². The third kappa shape index (κ3) is 4.63. The zero-order chi connectivity index (χ0) is 14.4. The summed E-state index contributed by atoms with van der Waals surface area (Å²) in [5.41, 5.74) is 1.22. The average Bonchev–Trinajstić information content (AvgIpc) is 2.36. The van der Waals surface area contributed by atoms with Gasteiger partial charge in [-0.25, -0.2) is 4.79 Å². The summed E-state index contributed by atoms with van der Waals surface area (Å²) in [5, 5.41) is 10.9. The van der Waals surface area contributed by atoms with Gasteiger partial charge in [-0.15, -0.1) is 0 Å². The van der Waals surface area contributed by atoms with Gasteiger partial charge in [-0.05, 0) is 24.3 Å². The molecule has 0 aliphatic heterocycles. The molecule has 0 unspecified atom stereocenters. The maximum Gasteiger partial charge on any atom is 0.328 e. The number of hydrogen-bond acceptors (Lipinski definition) is 3. The first-order valence-corrected chi connectivity index (χ1v) is 5.46. The van der Waals surface area contributed by atoms with E-state index in [1.54, 1.807) is 31.3 Å². The highest BCUT2D eigenvalue weighted by molar-refractivity contribution is 6.02. The van der Waals surface area contributed by atoms with Gasteiger partial charge in [-0.1, -0.05) is 0 Å². The lowest BCUT2D eigenvalue weighted by Gasteiger charge is -2.15. The minimum Gasteiger partial charge on any atom is -0.478 e. The van der Waals surface area contributed by atoms with E-state index in [2.05, 4.69) is 5.32 Å². The van der Waals surface area contributed by atoms with Crippen molar-refractivity contribution in [2.45, 2.75) is 6.92 Å². The molecule has 0 spiro atoms. The summed E-state index contributed by atoms with van der Waals surface area (Å²) in [5.74, 6) is -1.81. The lowest BCUT2D eigenvalue weighted by Crippen LogP contribution is -2.22. The van der Waals surface area contributed by atoms with Gasteiger partial charge in [0, 0.05) is 37.5 Å². The molecule has 19 heavy (non-hydrogen) atoms. The molecular formula is C13H14N2O4. The van der Waals surface area contributed by atoms with Crippen LogP contribution in [0.25, 0.3) is 0 Å². The predicted octanol–water partition coefficient (Wildman–Crippen LogP) is 1.25. The van der Waals surface area contributed by atoms with Gasteiger partial charge in [-0.3, -0.25) is 9.59 Å². The maximum atomic E-state index is 11.3. The van der Waals surface area contributed by atoms with Gasteiger partial charge in [0.05, 0.1) is 0 Å². The van der Waals surface area contributed by atoms with Crippen molar-refractivity contribution in [3.8, 4) is 0 Å². The van der Waals surface area contributed by atoms with Crippen molar-refractivity contribution in [2.24, 2.45) is 0 Å². The third-order valence-electron chi connectivity index (χ3n) is 2.37. The van der Waals surface area contributed by atoms with E-state index >= 15 is 0 Å². The first-order valence-electron chi connectivity index (χ1n) is 5.46. The zero-order valence-electron chi connectivity index (χ0n) is 10.6. The lowest BCUT2D eigenvalue weighted by atomic mass is 10.2. The Morgan fingerprint density at radius 1 is 1.16 bits per heavy atom. The highest BCUT2D eigenvalue weighted by atomic mass is 16.4. The highest BCUT2D eigenvalue weighted by Crippen LogP contribution is 2.16. The van der Waals surface area contributed by atoms with E-state index in [1.165, 1.54) is 11.8 Å². The Bertz CT molecular complexity index is 520. The van der Waals surface area contributed by atoms with E-state index in [9.17, 15) is 14.4 Å². The third-order valence-corrected chi connectivity index (χ3v) is 2.37. The van der Waals surface area contributed by atoms with Crippen molar-refractivity contribution >= 4 is 29.2 Å². The van der Waals surface area contributed by atoms with Crippen molar-refractivity contribution in [2.75, 3.05) is 17.3 Å². The fraction of sp³-hybridized carbons (Fsp3) is 0.154. The van der Waals surface area contributed by atoms with Crippen LogP contribution in [-0.4, -0.2) is 29.9 Å². The molecule has 0 bridgehead atoms. The van der Waals surface area contributed by atoms with E-state index < -0.39 is 11.9 Å². The number of hydrogen-bond donors (Lipinski definition) is 2. The van der Waals surface area contributed by atoms with Crippen LogP contribution in [0.1, 0.15) is 6.92 Å². The predicted molar refractivity (Wildman–Crippen MR) is 70.9 cm³/mol. The number of carboxylic acids is 1. The molecule has 0 aliphatic rings. The Morgan fingerprint density at radius 3 is 2.21 bits per heavy atom. The first kappa shape index (κ1) is 14.4. The smallest absolute Gasteiger partial charge is 0.328 e. The number of aliphatic carboxylic acids is 1. The largest absolute Gasteiger partial charge is 0.478 e. The Labute approximate surface area is 110 Å². The molecule has 100 valence electrons. The normalized spacial score (nSPS) is 10.2. The maximum absolute atomic E-state index is 11.3. The summed E-state index contributed by atoms with van der Waals surface area (Å²) in [4.78, 5) is 34.2. The number of nitrogens with one attached hydrogen (secondary N) is 1. The summed E-state index contributed by atoms with van der Waals surface area (Å²) in [6, 6.07) is 6.61. The van der Waals surface area contributed by atoms with Crippen molar-refractivity contribution in [1.29, 1.82) is 0 Å². The van der Waals surface area contributed by atoms with Crippen LogP contribution in [-0.2, 0) is 14.4 Å². The van der Waals surface area contributed by atoms with Gasteiger partial charge in [-0.2, -0.15) is 0 Å². The number of benzene rings is 1. The summed E-state index contributed by atoms with van der Waals surface area (Å²) < 4.78 is 0. The first-order chi connectivity index (χ1) is 8.90. The van der Waals surface area contributed by atoms with E-state index in [-0.39, 0.29) is 5.91 Å². The number of carboxylic acid groups (broad SMARTS) is 1. The minimum absolute atomic E-state index is 0.0961. The van der Waals surface area contributed by atoms with Crippen LogP contribution in [0.15, 0.2) is 36.4 Å².